The van der Waals surface area contributed by atoms with Gasteiger partial charge in [0, 0.05) is 11.3 Å². The summed E-state index contributed by atoms with van der Waals surface area (Å²) in [7, 11) is 0. The van der Waals surface area contributed by atoms with Crippen LogP contribution in [-0.2, 0) is 0 Å². The van der Waals surface area contributed by atoms with Gasteiger partial charge >= 0.3 is 0 Å². The molecule has 0 bridgehead atoms. The van der Waals surface area contributed by atoms with E-state index in [2.05, 4.69) is 5.32 Å². The molecule has 4 nitrogen and oxygen atoms in total. The summed E-state index contributed by atoms with van der Waals surface area (Å²) in [5.41, 5.74) is 1.88. The molecule has 2 aromatic carbocycles. The van der Waals surface area contributed by atoms with Crippen LogP contribution >= 0.6 is 0 Å². The molecule has 1 amide bonds. The van der Waals surface area contributed by atoms with Crippen molar-refractivity contribution in [2.24, 2.45) is 5.84 Å². The van der Waals surface area contributed by atoms with Crippen molar-refractivity contribution < 1.29 is 18.0 Å². The number of carbonyl (C=O) groups excluding carboxylic acids is 1. The van der Waals surface area contributed by atoms with Crippen LogP contribution in [-0.4, -0.2) is 5.91 Å². The van der Waals surface area contributed by atoms with Crippen molar-refractivity contribution in [3.05, 3.63) is 58.9 Å². The zero-order valence-corrected chi connectivity index (χ0v) is 11.0. The average Bonchev–Trinajstić information content (AvgIpc) is 2.36. The molecule has 0 unspecified atom stereocenters. The second-order valence-electron chi connectivity index (χ2n) is 4.43. The number of carbonyl (C=O) groups is 1. The molecule has 2 aromatic rings. The zero-order valence-electron chi connectivity index (χ0n) is 11.0. The highest BCUT2D eigenvalue weighted by Crippen LogP contribution is 2.21. The van der Waals surface area contributed by atoms with Crippen molar-refractivity contribution in [2.45, 2.75) is 6.92 Å². The Morgan fingerprint density at radius 2 is 1.67 bits per heavy atom. The number of halogens is 3. The van der Waals surface area contributed by atoms with Gasteiger partial charge in [-0.15, -0.1) is 0 Å². The van der Waals surface area contributed by atoms with Gasteiger partial charge in [-0.2, -0.15) is 0 Å². The van der Waals surface area contributed by atoms with Crippen LogP contribution in [0.1, 0.15) is 15.9 Å². The van der Waals surface area contributed by atoms with Crippen molar-refractivity contribution in [1.82, 2.24) is 0 Å². The Morgan fingerprint density at radius 1 is 1.05 bits per heavy atom. The first-order chi connectivity index (χ1) is 9.90. The molecule has 0 fully saturated rings. The van der Waals surface area contributed by atoms with E-state index in [-0.39, 0.29) is 11.3 Å². The number of benzene rings is 2. The van der Waals surface area contributed by atoms with Gasteiger partial charge in [-0.25, -0.2) is 13.2 Å². The van der Waals surface area contributed by atoms with E-state index in [9.17, 15) is 18.0 Å². The van der Waals surface area contributed by atoms with Gasteiger partial charge < -0.3 is 10.7 Å². The van der Waals surface area contributed by atoms with Crippen LogP contribution < -0.4 is 16.6 Å². The van der Waals surface area contributed by atoms with Crippen LogP contribution in [0.4, 0.5) is 24.5 Å². The largest absolute Gasteiger partial charge is 0.322 e. The lowest BCUT2D eigenvalue weighted by Gasteiger charge is -2.09. The molecule has 0 aromatic heterocycles. The normalized spacial score (nSPS) is 10.3. The molecule has 0 heterocycles. The van der Waals surface area contributed by atoms with Crippen LogP contribution in [0.3, 0.4) is 0 Å². The summed E-state index contributed by atoms with van der Waals surface area (Å²) < 4.78 is 40.2. The lowest BCUT2D eigenvalue weighted by Crippen LogP contribution is -2.15. The Morgan fingerprint density at radius 3 is 2.19 bits per heavy atom. The SMILES string of the molecule is Cc1cc(F)cc(NC(=O)c2cc(F)c(NN)c(F)c2)c1. The first-order valence-electron chi connectivity index (χ1n) is 5.95. The summed E-state index contributed by atoms with van der Waals surface area (Å²) in [5, 5.41) is 2.37. The maximum atomic E-state index is 13.5. The first-order valence-corrected chi connectivity index (χ1v) is 5.95. The predicted molar refractivity (Wildman–Crippen MR) is 73.3 cm³/mol. The van der Waals surface area contributed by atoms with Crippen molar-refractivity contribution in [2.75, 3.05) is 10.7 Å². The van der Waals surface area contributed by atoms with Gasteiger partial charge in [0.25, 0.3) is 5.91 Å². The molecule has 0 aliphatic rings. The number of hydrogen-bond donors (Lipinski definition) is 3. The number of anilines is 2. The Bertz CT molecular complexity index is 661. The van der Waals surface area contributed by atoms with Gasteiger partial charge in [0.1, 0.15) is 11.5 Å². The fraction of sp³-hybridized carbons (Fsp3) is 0.0714. The molecule has 4 N–H and O–H groups in total. The summed E-state index contributed by atoms with van der Waals surface area (Å²) in [6.45, 7) is 1.65. The van der Waals surface area contributed by atoms with E-state index < -0.39 is 29.0 Å². The van der Waals surface area contributed by atoms with E-state index in [0.29, 0.717) is 5.56 Å². The highest BCUT2D eigenvalue weighted by atomic mass is 19.1. The minimum absolute atomic E-state index is 0.194. The summed E-state index contributed by atoms with van der Waals surface area (Å²) in [4.78, 5) is 11.9. The second-order valence-corrected chi connectivity index (χ2v) is 4.43. The Balaban J connectivity index is 2.28. The molecule has 110 valence electrons. The topological polar surface area (TPSA) is 67.2 Å². The summed E-state index contributed by atoms with van der Waals surface area (Å²) >= 11 is 0. The Hall–Kier alpha value is -2.54. The van der Waals surface area contributed by atoms with E-state index in [1.165, 1.54) is 12.1 Å². The summed E-state index contributed by atoms with van der Waals surface area (Å²) in [6, 6.07) is 5.59. The van der Waals surface area contributed by atoms with Crippen LogP contribution in [0, 0.1) is 24.4 Å². The standard InChI is InChI=1S/C14H12F3N3O/c1-7-2-9(15)6-10(3-7)19-14(21)8-4-11(16)13(20-18)12(17)5-8/h2-6,20H,18H2,1H3,(H,19,21). The maximum absolute atomic E-state index is 13.5. The third-order valence-corrected chi connectivity index (χ3v) is 2.75. The van der Waals surface area contributed by atoms with Crippen LogP contribution in [0.25, 0.3) is 0 Å². The number of hydrazine groups is 1. The van der Waals surface area contributed by atoms with Crippen LogP contribution in [0.15, 0.2) is 30.3 Å². The highest BCUT2D eigenvalue weighted by molar-refractivity contribution is 6.04. The minimum Gasteiger partial charge on any atom is -0.322 e. The number of nitrogens with two attached hydrogens (primary N) is 1. The van der Waals surface area contributed by atoms with Gasteiger partial charge in [0.2, 0.25) is 0 Å². The number of aryl methyl sites for hydroxylation is 1. The minimum atomic E-state index is -1.00. The summed E-state index contributed by atoms with van der Waals surface area (Å²) in [6.07, 6.45) is 0. The lowest BCUT2D eigenvalue weighted by atomic mass is 10.1. The maximum Gasteiger partial charge on any atom is 0.255 e. The number of rotatable bonds is 3. The van der Waals surface area contributed by atoms with E-state index >= 15 is 0 Å². The smallest absolute Gasteiger partial charge is 0.255 e. The fourth-order valence-corrected chi connectivity index (χ4v) is 1.85. The van der Waals surface area contributed by atoms with Crippen molar-refractivity contribution in [1.29, 1.82) is 0 Å². The molecular formula is C14H12F3N3O. The predicted octanol–water partition coefficient (Wildman–Crippen LogP) is 2.95. The molecule has 7 heteroatoms. The number of amides is 1. The fourth-order valence-electron chi connectivity index (χ4n) is 1.85. The van der Waals surface area contributed by atoms with E-state index in [1.54, 1.807) is 6.92 Å². The molecule has 0 saturated carbocycles. The van der Waals surface area contributed by atoms with Gasteiger partial charge in [-0.3, -0.25) is 10.6 Å². The first kappa shape index (κ1) is 14.9. The average molecular weight is 295 g/mol. The third-order valence-electron chi connectivity index (χ3n) is 2.75. The molecule has 2 rings (SSSR count). The molecule has 0 radical (unpaired) electrons. The van der Waals surface area contributed by atoms with Gasteiger partial charge in [-0.05, 0) is 42.8 Å². The third kappa shape index (κ3) is 3.32. The quantitative estimate of drug-likeness (QED) is 0.602. The molecule has 21 heavy (non-hydrogen) atoms. The summed E-state index contributed by atoms with van der Waals surface area (Å²) in [5.74, 6) is 1.67. The van der Waals surface area contributed by atoms with E-state index in [4.69, 9.17) is 5.84 Å². The van der Waals surface area contributed by atoms with E-state index in [1.807, 2.05) is 5.43 Å². The molecule has 0 atom stereocenters. The Labute approximate surface area is 118 Å². The lowest BCUT2D eigenvalue weighted by molar-refractivity contribution is 0.102. The number of nitrogens with one attached hydrogen (secondary N) is 2. The van der Waals surface area contributed by atoms with Gasteiger partial charge in [-0.1, -0.05) is 0 Å². The molecule has 0 saturated heterocycles. The molecule has 0 aliphatic heterocycles. The molecule has 0 aliphatic carbocycles. The van der Waals surface area contributed by atoms with Gasteiger partial charge in [0.05, 0.1) is 0 Å². The monoisotopic (exact) mass is 295 g/mol. The number of nitrogen functional groups attached to an aromatic ring is 1. The number of hydrogen-bond acceptors (Lipinski definition) is 3. The highest BCUT2D eigenvalue weighted by Gasteiger charge is 2.15. The zero-order chi connectivity index (χ0) is 15.6. The van der Waals surface area contributed by atoms with Crippen LogP contribution in [0.5, 0.6) is 0 Å². The van der Waals surface area contributed by atoms with Crippen molar-refractivity contribution in [3.63, 3.8) is 0 Å². The second kappa shape index (κ2) is 5.84. The molecular weight excluding hydrogens is 283 g/mol. The molecule has 0 spiro atoms. The van der Waals surface area contributed by atoms with Crippen molar-refractivity contribution >= 4 is 17.3 Å². The van der Waals surface area contributed by atoms with E-state index in [0.717, 1.165) is 18.2 Å². The van der Waals surface area contributed by atoms with Gasteiger partial charge in [0.15, 0.2) is 11.6 Å². The van der Waals surface area contributed by atoms with Crippen molar-refractivity contribution in [3.8, 4) is 0 Å². The Kier molecular flexibility index (Phi) is 4.13. The van der Waals surface area contributed by atoms with Crippen LogP contribution in [0.2, 0.25) is 0 Å².